The molecule has 0 saturated carbocycles. The maximum absolute atomic E-state index is 12.6. The second-order valence-corrected chi connectivity index (χ2v) is 7.17. The lowest BCUT2D eigenvalue weighted by Gasteiger charge is -2.26. The highest BCUT2D eigenvalue weighted by molar-refractivity contribution is 6.21. The Balaban J connectivity index is 1.34. The Kier molecular flexibility index (Phi) is 4.52. The zero-order chi connectivity index (χ0) is 19.0. The molecular weight excluding hydrogens is 340 g/mol. The molecule has 5 heteroatoms. The van der Waals surface area contributed by atoms with Crippen molar-refractivity contribution in [1.82, 2.24) is 9.80 Å². The monoisotopic (exact) mass is 362 g/mol. The van der Waals surface area contributed by atoms with Crippen LogP contribution in [0.25, 0.3) is 0 Å². The molecule has 0 spiro atoms. The molecule has 1 heterocycles. The van der Waals surface area contributed by atoms with E-state index in [2.05, 4.69) is 12.1 Å². The van der Waals surface area contributed by atoms with Gasteiger partial charge in [0.2, 0.25) is 5.91 Å². The normalized spacial score (nSPS) is 17.8. The van der Waals surface area contributed by atoms with Crippen LogP contribution in [0.4, 0.5) is 0 Å². The number of hydrogen-bond acceptors (Lipinski definition) is 3. The molecule has 0 radical (unpaired) electrons. The maximum Gasteiger partial charge on any atom is 0.261 e. The predicted molar refractivity (Wildman–Crippen MR) is 101 cm³/mol. The Morgan fingerprint density at radius 3 is 2.37 bits per heavy atom. The van der Waals surface area contributed by atoms with Crippen LogP contribution in [0.15, 0.2) is 48.5 Å². The van der Waals surface area contributed by atoms with Crippen LogP contribution in [0, 0.1) is 0 Å². The van der Waals surface area contributed by atoms with Crippen LogP contribution in [0.2, 0.25) is 0 Å². The van der Waals surface area contributed by atoms with E-state index in [1.54, 1.807) is 24.3 Å². The second kappa shape index (κ2) is 6.99. The summed E-state index contributed by atoms with van der Waals surface area (Å²) in [5, 5.41) is 0. The minimum absolute atomic E-state index is 0.0494. The highest BCUT2D eigenvalue weighted by atomic mass is 16.2. The SMILES string of the molecule is CN(C(=O)CCCN1C(=O)c2ccccc2C1=O)C1CCc2ccccc21. The maximum atomic E-state index is 12.6. The first-order valence-corrected chi connectivity index (χ1v) is 9.36. The van der Waals surface area contributed by atoms with Gasteiger partial charge < -0.3 is 4.90 Å². The van der Waals surface area contributed by atoms with E-state index in [1.807, 2.05) is 24.1 Å². The van der Waals surface area contributed by atoms with E-state index in [-0.39, 0.29) is 30.3 Å². The van der Waals surface area contributed by atoms with Crippen LogP contribution < -0.4 is 0 Å². The van der Waals surface area contributed by atoms with Gasteiger partial charge in [-0.15, -0.1) is 0 Å². The molecule has 0 bridgehead atoms. The average Bonchev–Trinajstić information content (AvgIpc) is 3.22. The molecule has 1 aliphatic heterocycles. The van der Waals surface area contributed by atoms with Gasteiger partial charge in [-0.05, 0) is 42.5 Å². The number of benzene rings is 2. The number of rotatable bonds is 5. The first-order valence-electron chi connectivity index (χ1n) is 9.36. The van der Waals surface area contributed by atoms with Crippen molar-refractivity contribution in [3.05, 3.63) is 70.8 Å². The van der Waals surface area contributed by atoms with Crippen molar-refractivity contribution in [1.29, 1.82) is 0 Å². The molecule has 138 valence electrons. The molecule has 5 nitrogen and oxygen atoms in total. The summed E-state index contributed by atoms with van der Waals surface area (Å²) in [6.45, 7) is 0.271. The fourth-order valence-electron chi connectivity index (χ4n) is 4.12. The Labute approximate surface area is 158 Å². The lowest BCUT2D eigenvalue weighted by molar-refractivity contribution is -0.132. The van der Waals surface area contributed by atoms with Crippen molar-refractivity contribution in [3.8, 4) is 0 Å². The summed E-state index contributed by atoms with van der Waals surface area (Å²) in [7, 11) is 1.84. The summed E-state index contributed by atoms with van der Waals surface area (Å²) in [6, 6.07) is 15.2. The van der Waals surface area contributed by atoms with Crippen molar-refractivity contribution in [3.63, 3.8) is 0 Å². The molecule has 0 N–H and O–H groups in total. The smallest absolute Gasteiger partial charge is 0.261 e. The van der Waals surface area contributed by atoms with Gasteiger partial charge in [-0.2, -0.15) is 0 Å². The predicted octanol–water partition coefficient (Wildman–Crippen LogP) is 3.21. The number of carbonyl (C=O) groups excluding carboxylic acids is 3. The summed E-state index contributed by atoms with van der Waals surface area (Å²) in [6.07, 6.45) is 2.74. The Bertz CT molecular complexity index is 886. The average molecular weight is 362 g/mol. The molecule has 1 atom stereocenters. The van der Waals surface area contributed by atoms with Gasteiger partial charge in [0.15, 0.2) is 0 Å². The van der Waals surface area contributed by atoms with Crippen LogP contribution >= 0.6 is 0 Å². The third-order valence-corrected chi connectivity index (χ3v) is 5.61. The molecular formula is C22H22N2O3. The number of fused-ring (bicyclic) bond motifs is 2. The number of imide groups is 1. The zero-order valence-corrected chi connectivity index (χ0v) is 15.4. The molecule has 1 aliphatic carbocycles. The molecule has 27 heavy (non-hydrogen) atoms. The van der Waals surface area contributed by atoms with Gasteiger partial charge in [-0.1, -0.05) is 36.4 Å². The number of hydrogen-bond donors (Lipinski definition) is 0. The first-order chi connectivity index (χ1) is 13.1. The van der Waals surface area contributed by atoms with E-state index in [4.69, 9.17) is 0 Å². The molecule has 3 amide bonds. The molecule has 1 unspecified atom stereocenters. The van der Waals surface area contributed by atoms with Gasteiger partial charge >= 0.3 is 0 Å². The van der Waals surface area contributed by atoms with Crippen LogP contribution in [-0.2, 0) is 11.2 Å². The van der Waals surface area contributed by atoms with Gasteiger partial charge in [-0.25, -0.2) is 0 Å². The van der Waals surface area contributed by atoms with Crippen LogP contribution in [0.3, 0.4) is 0 Å². The van der Waals surface area contributed by atoms with Gasteiger partial charge in [-0.3, -0.25) is 19.3 Å². The molecule has 0 saturated heterocycles. The van der Waals surface area contributed by atoms with Gasteiger partial charge in [0.25, 0.3) is 11.8 Å². The standard InChI is InChI=1S/C22H22N2O3/c1-23(19-13-12-15-7-2-3-8-16(15)19)20(25)11-6-14-24-21(26)17-9-4-5-10-18(17)22(24)27/h2-5,7-10,19H,6,11-14H2,1H3. The third kappa shape index (κ3) is 3.03. The minimum Gasteiger partial charge on any atom is -0.339 e. The van der Waals surface area contributed by atoms with Gasteiger partial charge in [0, 0.05) is 20.0 Å². The Morgan fingerprint density at radius 1 is 1.04 bits per heavy atom. The van der Waals surface area contributed by atoms with Crippen LogP contribution in [0.1, 0.15) is 57.1 Å². The molecule has 2 aliphatic rings. The summed E-state index contributed by atoms with van der Waals surface area (Å²) >= 11 is 0. The highest BCUT2D eigenvalue weighted by Crippen LogP contribution is 2.35. The lowest BCUT2D eigenvalue weighted by atomic mass is 10.1. The Hall–Kier alpha value is -2.95. The number of carbonyl (C=O) groups is 3. The number of amides is 3. The molecule has 2 aromatic carbocycles. The fraction of sp³-hybridized carbons (Fsp3) is 0.318. The van der Waals surface area contributed by atoms with Crippen molar-refractivity contribution >= 4 is 17.7 Å². The van der Waals surface area contributed by atoms with Crippen molar-refractivity contribution < 1.29 is 14.4 Å². The number of aryl methyl sites for hydroxylation is 1. The topological polar surface area (TPSA) is 57.7 Å². The minimum atomic E-state index is -0.263. The van der Waals surface area contributed by atoms with Gasteiger partial charge in [0.1, 0.15) is 0 Å². The lowest BCUT2D eigenvalue weighted by Crippen LogP contribution is -2.33. The van der Waals surface area contributed by atoms with E-state index in [0.29, 0.717) is 24.0 Å². The quantitative estimate of drug-likeness (QED) is 0.768. The van der Waals surface area contributed by atoms with E-state index in [9.17, 15) is 14.4 Å². The van der Waals surface area contributed by atoms with E-state index < -0.39 is 0 Å². The van der Waals surface area contributed by atoms with E-state index in [1.165, 1.54) is 16.0 Å². The van der Waals surface area contributed by atoms with E-state index >= 15 is 0 Å². The highest BCUT2D eigenvalue weighted by Gasteiger charge is 2.35. The fourth-order valence-corrected chi connectivity index (χ4v) is 4.12. The summed E-state index contributed by atoms with van der Waals surface area (Å²) in [4.78, 5) is 40.4. The third-order valence-electron chi connectivity index (χ3n) is 5.61. The molecule has 4 rings (SSSR count). The molecule has 0 aromatic heterocycles. The van der Waals surface area contributed by atoms with Crippen LogP contribution in [-0.4, -0.2) is 41.1 Å². The van der Waals surface area contributed by atoms with Crippen molar-refractivity contribution in [2.75, 3.05) is 13.6 Å². The van der Waals surface area contributed by atoms with Gasteiger partial charge in [0.05, 0.1) is 17.2 Å². The van der Waals surface area contributed by atoms with Crippen molar-refractivity contribution in [2.24, 2.45) is 0 Å². The summed E-state index contributed by atoms with van der Waals surface area (Å²) < 4.78 is 0. The molecule has 0 fully saturated rings. The number of nitrogens with zero attached hydrogens (tertiary/aromatic N) is 2. The second-order valence-electron chi connectivity index (χ2n) is 7.17. The Morgan fingerprint density at radius 2 is 1.67 bits per heavy atom. The largest absolute Gasteiger partial charge is 0.339 e. The van der Waals surface area contributed by atoms with E-state index in [0.717, 1.165) is 12.8 Å². The van der Waals surface area contributed by atoms with Crippen LogP contribution in [0.5, 0.6) is 0 Å². The summed E-state index contributed by atoms with van der Waals surface area (Å²) in [5.74, 6) is -0.476. The van der Waals surface area contributed by atoms with Crippen molar-refractivity contribution in [2.45, 2.75) is 31.7 Å². The summed E-state index contributed by atoms with van der Waals surface area (Å²) in [5.41, 5.74) is 3.45. The zero-order valence-electron chi connectivity index (χ0n) is 15.4. The molecule has 2 aromatic rings. The first kappa shape index (κ1) is 17.5.